The Labute approximate surface area is 101 Å². The van der Waals surface area contributed by atoms with E-state index in [4.69, 9.17) is 11.0 Å². The largest absolute Gasteiger partial charge is 0.326 e. The number of nitrogens with zero attached hydrogens (tertiary/aromatic N) is 1. The number of benzene rings is 1. The molecular weight excluding hydrogens is 238 g/mol. The van der Waals surface area contributed by atoms with Crippen LogP contribution in [0.5, 0.6) is 0 Å². The Morgan fingerprint density at radius 2 is 2.12 bits per heavy atom. The number of para-hydroxylation sites is 1. The van der Waals surface area contributed by atoms with Gasteiger partial charge in [-0.25, -0.2) is 8.42 Å². The molecule has 1 atom stereocenters. The van der Waals surface area contributed by atoms with Gasteiger partial charge in [0.25, 0.3) is 0 Å². The van der Waals surface area contributed by atoms with E-state index in [1.165, 1.54) is 0 Å². The highest BCUT2D eigenvalue weighted by molar-refractivity contribution is 7.93. The first kappa shape index (κ1) is 13.5. The topological polar surface area (TPSA) is 96.0 Å². The highest BCUT2D eigenvalue weighted by atomic mass is 32.2. The summed E-state index contributed by atoms with van der Waals surface area (Å²) in [5.41, 5.74) is 6.64. The van der Waals surface area contributed by atoms with Gasteiger partial charge in [-0.3, -0.25) is 4.72 Å². The van der Waals surface area contributed by atoms with Crippen molar-refractivity contribution in [3.8, 4) is 6.07 Å². The standard InChI is InChI=1S/C11H15N3O2S/c1-2-10(8-13)17(15,16)14-11-6-4-3-5-9(11)7-12/h3-6,10,14H,2,7,12H2,1H3. The minimum absolute atomic E-state index is 0.238. The molecule has 1 aromatic carbocycles. The third-order valence-corrected chi connectivity index (χ3v) is 4.07. The average molecular weight is 253 g/mol. The van der Waals surface area contributed by atoms with E-state index in [0.29, 0.717) is 11.3 Å². The highest BCUT2D eigenvalue weighted by Crippen LogP contribution is 2.18. The number of hydrogen-bond donors (Lipinski definition) is 2. The Morgan fingerprint density at radius 1 is 1.47 bits per heavy atom. The Kier molecular flexibility index (Phi) is 4.49. The fourth-order valence-corrected chi connectivity index (χ4v) is 2.63. The molecule has 0 radical (unpaired) electrons. The molecule has 0 spiro atoms. The number of hydrogen-bond acceptors (Lipinski definition) is 4. The zero-order valence-electron chi connectivity index (χ0n) is 9.55. The van der Waals surface area contributed by atoms with Crippen molar-refractivity contribution in [3.63, 3.8) is 0 Å². The SMILES string of the molecule is CCC(C#N)S(=O)(=O)Nc1ccccc1CN. The molecule has 0 aromatic heterocycles. The van der Waals surface area contributed by atoms with Crippen molar-refractivity contribution in [3.05, 3.63) is 29.8 Å². The van der Waals surface area contributed by atoms with Crippen molar-refractivity contribution in [2.24, 2.45) is 5.73 Å². The van der Waals surface area contributed by atoms with E-state index in [0.717, 1.165) is 0 Å². The van der Waals surface area contributed by atoms with E-state index < -0.39 is 15.3 Å². The molecule has 0 aliphatic carbocycles. The molecule has 1 aromatic rings. The van der Waals surface area contributed by atoms with E-state index in [2.05, 4.69) is 4.72 Å². The van der Waals surface area contributed by atoms with Gasteiger partial charge in [0.15, 0.2) is 5.25 Å². The van der Waals surface area contributed by atoms with Crippen LogP contribution in [-0.4, -0.2) is 13.7 Å². The average Bonchev–Trinajstić information content (AvgIpc) is 2.30. The number of nitrogens with two attached hydrogens (primary N) is 1. The van der Waals surface area contributed by atoms with Gasteiger partial charge >= 0.3 is 0 Å². The van der Waals surface area contributed by atoms with Gasteiger partial charge in [0.1, 0.15) is 0 Å². The van der Waals surface area contributed by atoms with Crippen LogP contribution in [0.1, 0.15) is 18.9 Å². The van der Waals surface area contributed by atoms with Crippen LogP contribution >= 0.6 is 0 Å². The molecule has 0 saturated carbocycles. The molecule has 17 heavy (non-hydrogen) atoms. The number of rotatable bonds is 5. The van der Waals surface area contributed by atoms with Gasteiger partial charge in [-0.05, 0) is 18.1 Å². The first-order valence-corrected chi connectivity index (χ1v) is 6.79. The van der Waals surface area contributed by atoms with Crippen LogP contribution in [0.2, 0.25) is 0 Å². The summed E-state index contributed by atoms with van der Waals surface area (Å²) >= 11 is 0. The zero-order valence-corrected chi connectivity index (χ0v) is 10.4. The fourth-order valence-electron chi connectivity index (χ4n) is 1.40. The number of anilines is 1. The first-order valence-electron chi connectivity index (χ1n) is 5.24. The minimum atomic E-state index is -3.67. The van der Waals surface area contributed by atoms with Crippen LogP contribution < -0.4 is 10.5 Å². The third-order valence-electron chi connectivity index (χ3n) is 2.38. The van der Waals surface area contributed by atoms with Gasteiger partial charge in [-0.2, -0.15) is 5.26 Å². The summed E-state index contributed by atoms with van der Waals surface area (Å²) in [7, 11) is -3.67. The molecule has 0 aliphatic heterocycles. The van der Waals surface area contributed by atoms with Crippen molar-refractivity contribution in [1.82, 2.24) is 0 Å². The van der Waals surface area contributed by atoms with E-state index in [1.807, 2.05) is 0 Å². The molecule has 0 fully saturated rings. The third kappa shape index (κ3) is 3.19. The second-order valence-electron chi connectivity index (χ2n) is 3.53. The first-order chi connectivity index (χ1) is 8.05. The van der Waals surface area contributed by atoms with Crippen LogP contribution in [0.4, 0.5) is 5.69 Å². The maximum absolute atomic E-state index is 11.9. The molecule has 1 unspecified atom stereocenters. The van der Waals surface area contributed by atoms with Crippen LogP contribution in [-0.2, 0) is 16.6 Å². The summed E-state index contributed by atoms with van der Waals surface area (Å²) < 4.78 is 26.1. The lowest BCUT2D eigenvalue weighted by molar-refractivity contribution is 0.592. The second kappa shape index (κ2) is 5.66. The second-order valence-corrected chi connectivity index (χ2v) is 5.40. The van der Waals surface area contributed by atoms with Crippen molar-refractivity contribution >= 4 is 15.7 Å². The summed E-state index contributed by atoms with van der Waals surface area (Å²) in [6.07, 6.45) is 0.247. The number of nitriles is 1. The summed E-state index contributed by atoms with van der Waals surface area (Å²) in [6, 6.07) is 8.63. The zero-order chi connectivity index (χ0) is 12.9. The molecule has 1 rings (SSSR count). The lowest BCUT2D eigenvalue weighted by atomic mass is 10.2. The van der Waals surface area contributed by atoms with Crippen molar-refractivity contribution in [2.75, 3.05) is 4.72 Å². The lowest BCUT2D eigenvalue weighted by Crippen LogP contribution is -2.26. The van der Waals surface area contributed by atoms with Gasteiger partial charge in [0, 0.05) is 6.54 Å². The van der Waals surface area contributed by atoms with Crippen molar-refractivity contribution in [1.29, 1.82) is 5.26 Å². The fraction of sp³-hybridized carbons (Fsp3) is 0.364. The summed E-state index contributed by atoms with van der Waals surface area (Å²) in [5.74, 6) is 0. The molecule has 0 amide bonds. The predicted octanol–water partition coefficient (Wildman–Crippen LogP) is 1.19. The molecule has 92 valence electrons. The number of nitrogens with one attached hydrogen (secondary N) is 1. The van der Waals surface area contributed by atoms with E-state index >= 15 is 0 Å². The van der Waals surface area contributed by atoms with Gasteiger partial charge in [0.2, 0.25) is 10.0 Å². The number of sulfonamides is 1. The molecule has 0 bridgehead atoms. The summed E-state index contributed by atoms with van der Waals surface area (Å²) in [4.78, 5) is 0. The molecule has 0 saturated heterocycles. The van der Waals surface area contributed by atoms with E-state index in [-0.39, 0.29) is 13.0 Å². The quantitative estimate of drug-likeness (QED) is 0.823. The molecule has 0 heterocycles. The molecule has 0 aliphatic rings. The molecule has 5 nitrogen and oxygen atoms in total. The lowest BCUT2D eigenvalue weighted by Gasteiger charge is -2.13. The Morgan fingerprint density at radius 3 is 2.65 bits per heavy atom. The van der Waals surface area contributed by atoms with Crippen molar-refractivity contribution < 1.29 is 8.42 Å². The van der Waals surface area contributed by atoms with Gasteiger partial charge < -0.3 is 5.73 Å². The molecule has 6 heteroatoms. The summed E-state index contributed by atoms with van der Waals surface area (Å²) in [5, 5.41) is 7.72. The Balaban J connectivity index is 3.02. The minimum Gasteiger partial charge on any atom is -0.326 e. The maximum atomic E-state index is 11.9. The molecule has 3 N–H and O–H groups in total. The van der Waals surface area contributed by atoms with E-state index in [1.54, 1.807) is 37.3 Å². The van der Waals surface area contributed by atoms with Crippen LogP contribution in [0.15, 0.2) is 24.3 Å². The van der Waals surface area contributed by atoms with Gasteiger partial charge in [0.05, 0.1) is 11.8 Å². The maximum Gasteiger partial charge on any atom is 0.249 e. The normalized spacial score (nSPS) is 12.8. The van der Waals surface area contributed by atoms with Gasteiger partial charge in [-0.15, -0.1) is 0 Å². The van der Waals surface area contributed by atoms with Crippen molar-refractivity contribution in [2.45, 2.75) is 25.1 Å². The monoisotopic (exact) mass is 253 g/mol. The van der Waals surface area contributed by atoms with Crippen LogP contribution in [0, 0.1) is 11.3 Å². The van der Waals surface area contributed by atoms with Crippen LogP contribution in [0.3, 0.4) is 0 Å². The molecular formula is C11H15N3O2S. The summed E-state index contributed by atoms with van der Waals surface area (Å²) in [6.45, 7) is 1.89. The van der Waals surface area contributed by atoms with Crippen LogP contribution in [0.25, 0.3) is 0 Å². The highest BCUT2D eigenvalue weighted by Gasteiger charge is 2.23. The van der Waals surface area contributed by atoms with E-state index in [9.17, 15) is 8.42 Å². The van der Waals surface area contributed by atoms with Gasteiger partial charge in [-0.1, -0.05) is 25.1 Å². The Hall–Kier alpha value is -1.58. The predicted molar refractivity (Wildman–Crippen MR) is 66.6 cm³/mol. The smallest absolute Gasteiger partial charge is 0.249 e. The Bertz CT molecular complexity index is 520.